The lowest BCUT2D eigenvalue weighted by Gasteiger charge is -2.37. The van der Waals surface area contributed by atoms with Crippen molar-refractivity contribution in [2.75, 3.05) is 0 Å². The zero-order chi connectivity index (χ0) is 19.6. The first-order valence-corrected chi connectivity index (χ1v) is 11.0. The molecule has 2 aliphatic carbocycles. The van der Waals surface area contributed by atoms with E-state index >= 15 is 0 Å². The van der Waals surface area contributed by atoms with Crippen LogP contribution in [0.5, 0.6) is 0 Å². The predicted molar refractivity (Wildman–Crippen MR) is 107 cm³/mol. The molecule has 3 fully saturated rings. The molecular formula is C23H37NO3. The minimum Gasteiger partial charge on any atom is -0.443 e. The van der Waals surface area contributed by atoms with Gasteiger partial charge in [0.25, 0.3) is 5.91 Å². The summed E-state index contributed by atoms with van der Waals surface area (Å²) in [6.45, 7) is 9.39. The van der Waals surface area contributed by atoms with Crippen LogP contribution < -0.4 is 0 Å². The third-order valence-corrected chi connectivity index (χ3v) is 6.77. The molecule has 152 valence electrons. The lowest BCUT2D eigenvalue weighted by atomic mass is 9.70. The molecule has 4 nitrogen and oxygen atoms in total. The highest BCUT2D eigenvalue weighted by Gasteiger charge is 2.42. The second-order valence-electron chi connectivity index (χ2n) is 10.0. The molecule has 1 heterocycles. The Morgan fingerprint density at radius 1 is 1.04 bits per heavy atom. The summed E-state index contributed by atoms with van der Waals surface area (Å²) in [7, 11) is 0. The van der Waals surface area contributed by atoms with Crippen molar-refractivity contribution < 1.29 is 14.3 Å². The molecule has 0 radical (unpaired) electrons. The molecule has 1 aliphatic heterocycles. The Morgan fingerprint density at radius 3 is 2.22 bits per heavy atom. The van der Waals surface area contributed by atoms with Gasteiger partial charge in [0.15, 0.2) is 0 Å². The highest BCUT2D eigenvalue weighted by molar-refractivity contribution is 6.04. The van der Waals surface area contributed by atoms with Crippen LogP contribution >= 0.6 is 0 Å². The van der Waals surface area contributed by atoms with E-state index in [0.29, 0.717) is 17.9 Å². The van der Waals surface area contributed by atoms with E-state index in [1.807, 2.05) is 20.8 Å². The number of likely N-dealkylation sites (tertiary alicyclic amines) is 1. The van der Waals surface area contributed by atoms with E-state index in [-0.39, 0.29) is 11.9 Å². The van der Waals surface area contributed by atoms with Gasteiger partial charge in [-0.2, -0.15) is 0 Å². The lowest BCUT2D eigenvalue weighted by molar-refractivity contribution is -0.125. The number of carbonyl (C=O) groups is 2. The highest BCUT2D eigenvalue weighted by atomic mass is 16.6. The molecule has 0 aromatic rings. The van der Waals surface area contributed by atoms with Gasteiger partial charge in [0.2, 0.25) is 0 Å². The minimum atomic E-state index is -0.593. The van der Waals surface area contributed by atoms with E-state index < -0.39 is 11.7 Å². The van der Waals surface area contributed by atoms with Crippen LogP contribution in [0.2, 0.25) is 0 Å². The van der Waals surface area contributed by atoms with Crippen LogP contribution in [-0.4, -0.2) is 28.5 Å². The molecule has 0 aromatic carbocycles. The number of hydrogen-bond donors (Lipinski definition) is 0. The molecule has 27 heavy (non-hydrogen) atoms. The molecule has 3 rings (SSSR count). The summed E-state index contributed by atoms with van der Waals surface area (Å²) in [5.41, 5.74) is -0.0501. The number of hydrogen-bond acceptors (Lipinski definition) is 3. The SMILES string of the molecule is C=C1C[C@@H](CC2CCC(C3CCCCC3)CC2)N(C(=O)OC(C)(C)C)C1=O. The maximum Gasteiger partial charge on any atom is 0.417 e. The lowest BCUT2D eigenvalue weighted by Crippen LogP contribution is -2.43. The molecule has 0 aromatic heterocycles. The van der Waals surface area contributed by atoms with Crippen molar-refractivity contribution in [1.29, 1.82) is 0 Å². The van der Waals surface area contributed by atoms with Crippen molar-refractivity contribution >= 4 is 12.0 Å². The van der Waals surface area contributed by atoms with Crippen molar-refractivity contribution in [1.82, 2.24) is 4.90 Å². The normalized spacial score (nSPS) is 30.6. The highest BCUT2D eigenvalue weighted by Crippen LogP contribution is 2.42. The van der Waals surface area contributed by atoms with Gasteiger partial charge >= 0.3 is 6.09 Å². The van der Waals surface area contributed by atoms with Crippen LogP contribution in [-0.2, 0) is 9.53 Å². The van der Waals surface area contributed by atoms with Gasteiger partial charge in [0.1, 0.15) is 5.60 Å². The summed E-state index contributed by atoms with van der Waals surface area (Å²) >= 11 is 0. The molecule has 1 atom stereocenters. The summed E-state index contributed by atoms with van der Waals surface area (Å²) in [5, 5.41) is 0. The van der Waals surface area contributed by atoms with Gasteiger partial charge < -0.3 is 4.74 Å². The third kappa shape index (κ3) is 5.14. The van der Waals surface area contributed by atoms with Crippen LogP contribution in [0.1, 0.15) is 91.4 Å². The maximum atomic E-state index is 12.6. The Labute approximate surface area is 164 Å². The second-order valence-corrected chi connectivity index (χ2v) is 10.0. The van der Waals surface area contributed by atoms with Crippen molar-refractivity contribution in [3.63, 3.8) is 0 Å². The summed E-state index contributed by atoms with van der Waals surface area (Å²) in [6, 6.07) is -0.0731. The molecule has 3 aliphatic rings. The van der Waals surface area contributed by atoms with Crippen LogP contribution in [0, 0.1) is 17.8 Å². The fraction of sp³-hybridized carbons (Fsp3) is 0.826. The maximum absolute atomic E-state index is 12.6. The number of imide groups is 1. The van der Waals surface area contributed by atoms with Gasteiger partial charge in [-0.15, -0.1) is 0 Å². The first-order chi connectivity index (χ1) is 12.7. The van der Waals surface area contributed by atoms with Gasteiger partial charge in [-0.1, -0.05) is 51.5 Å². The van der Waals surface area contributed by atoms with Crippen LogP contribution in [0.25, 0.3) is 0 Å². The summed E-state index contributed by atoms with van der Waals surface area (Å²) in [5.74, 6) is 2.22. The Bertz CT molecular complexity index is 563. The number of ether oxygens (including phenoxy) is 1. The molecule has 0 spiro atoms. The Hall–Kier alpha value is -1.32. The van der Waals surface area contributed by atoms with E-state index in [4.69, 9.17) is 4.74 Å². The number of carbonyl (C=O) groups excluding carboxylic acids is 2. The molecule has 2 amide bonds. The van der Waals surface area contributed by atoms with E-state index in [1.54, 1.807) is 0 Å². The average Bonchev–Trinajstić information content (AvgIpc) is 2.89. The fourth-order valence-corrected chi connectivity index (χ4v) is 5.42. The molecule has 4 heteroatoms. The molecule has 2 saturated carbocycles. The summed E-state index contributed by atoms with van der Waals surface area (Å²) in [4.78, 5) is 26.4. The van der Waals surface area contributed by atoms with E-state index in [1.165, 1.54) is 62.7 Å². The number of amides is 2. The van der Waals surface area contributed by atoms with Gasteiger partial charge in [-0.05, 0) is 64.2 Å². The van der Waals surface area contributed by atoms with Gasteiger partial charge in [-0.25, -0.2) is 9.69 Å². The molecule has 0 N–H and O–H groups in total. The molecule has 0 unspecified atom stereocenters. The van der Waals surface area contributed by atoms with Crippen LogP contribution in [0.15, 0.2) is 12.2 Å². The Morgan fingerprint density at radius 2 is 1.63 bits per heavy atom. The van der Waals surface area contributed by atoms with Crippen LogP contribution in [0.4, 0.5) is 4.79 Å². The monoisotopic (exact) mass is 375 g/mol. The molecule has 1 saturated heterocycles. The standard InChI is InChI=1S/C23H37NO3/c1-16-14-20(24(21(16)25)22(26)27-23(2,3)4)15-17-10-12-19(13-11-17)18-8-6-5-7-9-18/h17-20H,1,5-15H2,2-4H3/t17?,19?,20-/m0/s1. The average molecular weight is 376 g/mol. The Kier molecular flexibility index (Phi) is 6.32. The summed E-state index contributed by atoms with van der Waals surface area (Å²) < 4.78 is 5.48. The number of rotatable bonds is 3. The van der Waals surface area contributed by atoms with E-state index in [0.717, 1.165) is 18.3 Å². The van der Waals surface area contributed by atoms with Crippen molar-refractivity contribution in [3.05, 3.63) is 12.2 Å². The summed E-state index contributed by atoms with van der Waals surface area (Å²) in [6.07, 6.45) is 13.2. The molecular weight excluding hydrogens is 338 g/mol. The van der Waals surface area contributed by atoms with Crippen molar-refractivity contribution in [2.45, 2.75) is 103 Å². The van der Waals surface area contributed by atoms with Crippen LogP contribution in [0.3, 0.4) is 0 Å². The fourth-order valence-electron chi connectivity index (χ4n) is 5.42. The van der Waals surface area contributed by atoms with E-state index in [2.05, 4.69) is 6.58 Å². The Balaban J connectivity index is 1.55. The largest absolute Gasteiger partial charge is 0.443 e. The van der Waals surface area contributed by atoms with E-state index in [9.17, 15) is 9.59 Å². The zero-order valence-electron chi connectivity index (χ0n) is 17.5. The third-order valence-electron chi connectivity index (χ3n) is 6.77. The molecule has 0 bridgehead atoms. The van der Waals surface area contributed by atoms with Gasteiger partial charge in [-0.3, -0.25) is 4.79 Å². The predicted octanol–water partition coefficient (Wildman–Crippen LogP) is 5.86. The number of nitrogens with zero attached hydrogens (tertiary/aromatic N) is 1. The topological polar surface area (TPSA) is 46.6 Å². The smallest absolute Gasteiger partial charge is 0.417 e. The second kappa shape index (κ2) is 8.36. The van der Waals surface area contributed by atoms with Gasteiger partial charge in [0, 0.05) is 11.6 Å². The first-order valence-electron chi connectivity index (χ1n) is 11.0. The van der Waals surface area contributed by atoms with Gasteiger partial charge in [0.05, 0.1) is 0 Å². The quantitative estimate of drug-likeness (QED) is 0.581. The zero-order valence-corrected chi connectivity index (χ0v) is 17.5. The van der Waals surface area contributed by atoms with Crippen molar-refractivity contribution in [3.8, 4) is 0 Å². The minimum absolute atomic E-state index is 0.0731. The first kappa shape index (κ1) is 20.4. The van der Waals surface area contributed by atoms with Crippen molar-refractivity contribution in [2.24, 2.45) is 17.8 Å².